The maximum absolute atomic E-state index is 11.7. The van der Waals surface area contributed by atoms with Gasteiger partial charge in [-0.1, -0.05) is 39.0 Å². The first-order chi connectivity index (χ1) is 8.22. The van der Waals surface area contributed by atoms with Crippen LogP contribution in [0.1, 0.15) is 58.8 Å². The van der Waals surface area contributed by atoms with Gasteiger partial charge in [0.1, 0.15) is 0 Å². The maximum atomic E-state index is 11.7. The first-order valence-electron chi connectivity index (χ1n) is 7.22. The summed E-state index contributed by atoms with van der Waals surface area (Å²) in [5.74, 6) is 1.03. The molecule has 3 nitrogen and oxygen atoms in total. The number of carbonyl (C=O) groups excluding carboxylic acids is 1. The summed E-state index contributed by atoms with van der Waals surface area (Å²) in [6.45, 7) is 5.89. The van der Waals surface area contributed by atoms with Crippen LogP contribution in [0.4, 0.5) is 0 Å². The Bertz CT molecular complexity index is 212. The van der Waals surface area contributed by atoms with Crippen LogP contribution in [0, 0.1) is 5.92 Å². The van der Waals surface area contributed by atoms with E-state index >= 15 is 0 Å². The van der Waals surface area contributed by atoms with E-state index < -0.39 is 0 Å². The lowest BCUT2D eigenvalue weighted by molar-refractivity contribution is -0.121. The van der Waals surface area contributed by atoms with E-state index in [1.165, 1.54) is 32.1 Å². The topological polar surface area (TPSA) is 41.1 Å². The molecule has 1 aliphatic carbocycles. The summed E-state index contributed by atoms with van der Waals surface area (Å²) in [4.78, 5) is 11.7. The maximum Gasteiger partial charge on any atom is 0.220 e. The second-order valence-electron chi connectivity index (χ2n) is 5.31. The molecule has 3 heteroatoms. The van der Waals surface area contributed by atoms with Gasteiger partial charge in [0, 0.05) is 19.0 Å². The van der Waals surface area contributed by atoms with Crippen LogP contribution in [0.15, 0.2) is 0 Å². The molecule has 1 rings (SSSR count). The van der Waals surface area contributed by atoms with Crippen LogP contribution >= 0.6 is 0 Å². The van der Waals surface area contributed by atoms with Gasteiger partial charge < -0.3 is 10.6 Å². The third-order valence-corrected chi connectivity index (χ3v) is 3.66. The first-order valence-corrected chi connectivity index (χ1v) is 7.22. The Balaban J connectivity index is 2.04. The summed E-state index contributed by atoms with van der Waals surface area (Å²) in [5.41, 5.74) is 0. The summed E-state index contributed by atoms with van der Waals surface area (Å²) in [7, 11) is 0. The van der Waals surface area contributed by atoms with Crippen molar-refractivity contribution in [2.45, 2.75) is 64.8 Å². The van der Waals surface area contributed by atoms with Crippen LogP contribution in [-0.4, -0.2) is 25.0 Å². The predicted octanol–water partition coefficient (Wildman–Crippen LogP) is 2.46. The summed E-state index contributed by atoms with van der Waals surface area (Å²) in [6, 6.07) is 0.374. The minimum atomic E-state index is 0.223. The minimum absolute atomic E-state index is 0.223. The average Bonchev–Trinajstić information content (AvgIpc) is 2.35. The Kier molecular flexibility index (Phi) is 7.25. The molecule has 17 heavy (non-hydrogen) atoms. The summed E-state index contributed by atoms with van der Waals surface area (Å²) in [6.07, 6.45) is 8.59. The van der Waals surface area contributed by atoms with Crippen LogP contribution in [0.25, 0.3) is 0 Å². The number of hydrogen-bond donors (Lipinski definition) is 2. The van der Waals surface area contributed by atoms with Crippen LogP contribution in [0.3, 0.4) is 0 Å². The van der Waals surface area contributed by atoms with Crippen molar-refractivity contribution in [2.75, 3.05) is 13.1 Å². The molecule has 2 N–H and O–H groups in total. The highest BCUT2D eigenvalue weighted by Crippen LogP contribution is 2.27. The molecule has 1 aliphatic rings. The lowest BCUT2D eigenvalue weighted by Crippen LogP contribution is -2.38. The smallest absolute Gasteiger partial charge is 0.220 e. The van der Waals surface area contributed by atoms with Crippen LogP contribution in [0.2, 0.25) is 0 Å². The van der Waals surface area contributed by atoms with E-state index in [2.05, 4.69) is 24.5 Å². The highest BCUT2D eigenvalue weighted by molar-refractivity contribution is 5.75. The van der Waals surface area contributed by atoms with Gasteiger partial charge in [-0.3, -0.25) is 4.79 Å². The van der Waals surface area contributed by atoms with Gasteiger partial charge >= 0.3 is 0 Å². The number of amides is 1. The summed E-state index contributed by atoms with van der Waals surface area (Å²) >= 11 is 0. The molecule has 0 heterocycles. The van der Waals surface area contributed by atoms with Crippen molar-refractivity contribution in [2.24, 2.45) is 5.92 Å². The quantitative estimate of drug-likeness (QED) is 0.718. The third kappa shape index (κ3) is 6.67. The molecule has 1 saturated carbocycles. The van der Waals surface area contributed by atoms with E-state index in [4.69, 9.17) is 0 Å². The molecule has 0 aromatic carbocycles. The van der Waals surface area contributed by atoms with Crippen molar-refractivity contribution >= 4 is 5.91 Å². The molecule has 1 amide bonds. The van der Waals surface area contributed by atoms with Gasteiger partial charge in [0.25, 0.3) is 0 Å². The second kappa shape index (κ2) is 8.51. The standard InChI is InChI=1S/C14H28N2O/c1-3-15-12(2)11-16-14(17)10-9-13-7-5-4-6-8-13/h12-13,15H,3-11H2,1-2H3,(H,16,17)/t12-/m1/s1. The Morgan fingerprint density at radius 2 is 2.00 bits per heavy atom. The van der Waals surface area contributed by atoms with Gasteiger partial charge in [-0.2, -0.15) is 0 Å². The second-order valence-corrected chi connectivity index (χ2v) is 5.31. The van der Waals surface area contributed by atoms with Crippen molar-refractivity contribution in [3.05, 3.63) is 0 Å². The minimum Gasteiger partial charge on any atom is -0.355 e. The monoisotopic (exact) mass is 240 g/mol. The fraction of sp³-hybridized carbons (Fsp3) is 0.929. The zero-order valence-corrected chi connectivity index (χ0v) is 11.4. The number of hydrogen-bond acceptors (Lipinski definition) is 2. The van der Waals surface area contributed by atoms with Crippen molar-refractivity contribution in [3.63, 3.8) is 0 Å². The molecule has 0 aromatic rings. The van der Waals surface area contributed by atoms with Gasteiger partial charge in [0.05, 0.1) is 0 Å². The zero-order chi connectivity index (χ0) is 12.5. The molecule has 0 aliphatic heterocycles. The molecule has 0 unspecified atom stereocenters. The van der Waals surface area contributed by atoms with E-state index in [1.54, 1.807) is 0 Å². The lowest BCUT2D eigenvalue weighted by Gasteiger charge is -2.21. The zero-order valence-electron chi connectivity index (χ0n) is 11.4. The summed E-state index contributed by atoms with van der Waals surface area (Å²) < 4.78 is 0. The number of likely N-dealkylation sites (N-methyl/N-ethyl adjacent to an activating group) is 1. The van der Waals surface area contributed by atoms with E-state index in [0.717, 1.165) is 25.4 Å². The van der Waals surface area contributed by atoms with E-state index in [0.29, 0.717) is 12.5 Å². The van der Waals surface area contributed by atoms with E-state index in [-0.39, 0.29) is 5.91 Å². The average molecular weight is 240 g/mol. The Morgan fingerprint density at radius 3 is 2.65 bits per heavy atom. The van der Waals surface area contributed by atoms with E-state index in [9.17, 15) is 4.79 Å². The Hall–Kier alpha value is -0.570. The van der Waals surface area contributed by atoms with Crippen molar-refractivity contribution < 1.29 is 4.79 Å². The highest BCUT2D eigenvalue weighted by Gasteiger charge is 2.14. The molecule has 1 fully saturated rings. The molecule has 1 atom stereocenters. The van der Waals surface area contributed by atoms with Gasteiger partial charge in [-0.15, -0.1) is 0 Å². The molecule has 0 radical (unpaired) electrons. The third-order valence-electron chi connectivity index (χ3n) is 3.66. The van der Waals surface area contributed by atoms with Crippen LogP contribution in [0.5, 0.6) is 0 Å². The summed E-state index contributed by atoms with van der Waals surface area (Å²) in [5, 5.41) is 6.30. The fourth-order valence-corrected chi connectivity index (χ4v) is 2.59. The molecule has 0 bridgehead atoms. The van der Waals surface area contributed by atoms with Crippen molar-refractivity contribution in [1.82, 2.24) is 10.6 Å². The van der Waals surface area contributed by atoms with Gasteiger partial charge in [-0.25, -0.2) is 0 Å². The first kappa shape index (κ1) is 14.5. The number of nitrogens with one attached hydrogen (secondary N) is 2. The molecular weight excluding hydrogens is 212 g/mol. The largest absolute Gasteiger partial charge is 0.355 e. The molecule has 0 aromatic heterocycles. The van der Waals surface area contributed by atoms with Gasteiger partial charge in [0.2, 0.25) is 5.91 Å². The molecular formula is C14H28N2O. The predicted molar refractivity (Wildman–Crippen MR) is 72.0 cm³/mol. The molecule has 0 spiro atoms. The molecule has 0 saturated heterocycles. The van der Waals surface area contributed by atoms with Gasteiger partial charge in [-0.05, 0) is 25.8 Å². The van der Waals surface area contributed by atoms with Crippen molar-refractivity contribution in [3.8, 4) is 0 Å². The van der Waals surface area contributed by atoms with E-state index in [1.807, 2.05) is 0 Å². The number of carbonyl (C=O) groups is 1. The molecule has 100 valence electrons. The van der Waals surface area contributed by atoms with Crippen molar-refractivity contribution in [1.29, 1.82) is 0 Å². The SMILES string of the molecule is CCN[C@H](C)CNC(=O)CCC1CCCCC1. The Morgan fingerprint density at radius 1 is 1.29 bits per heavy atom. The normalized spacial score (nSPS) is 18.9. The fourth-order valence-electron chi connectivity index (χ4n) is 2.59. The van der Waals surface area contributed by atoms with Gasteiger partial charge in [0.15, 0.2) is 0 Å². The highest BCUT2D eigenvalue weighted by atomic mass is 16.1. The number of rotatable bonds is 7. The van der Waals surface area contributed by atoms with Crippen LogP contribution in [-0.2, 0) is 4.79 Å². The Labute approximate surface area is 106 Å². The lowest BCUT2D eigenvalue weighted by atomic mass is 9.86. The van der Waals surface area contributed by atoms with Crippen LogP contribution < -0.4 is 10.6 Å².